The van der Waals surface area contributed by atoms with E-state index in [1.54, 1.807) is 12.1 Å². The van der Waals surface area contributed by atoms with E-state index in [9.17, 15) is 9.18 Å². The third-order valence-corrected chi connectivity index (χ3v) is 6.43. The van der Waals surface area contributed by atoms with Gasteiger partial charge in [0.15, 0.2) is 0 Å². The van der Waals surface area contributed by atoms with Crippen LogP contribution in [0.4, 0.5) is 4.39 Å². The highest BCUT2D eigenvalue weighted by Gasteiger charge is 2.28. The van der Waals surface area contributed by atoms with Crippen molar-refractivity contribution in [1.29, 1.82) is 0 Å². The summed E-state index contributed by atoms with van der Waals surface area (Å²) in [5, 5.41) is 0. The van der Waals surface area contributed by atoms with Crippen LogP contribution in [0, 0.1) is 5.82 Å². The van der Waals surface area contributed by atoms with Gasteiger partial charge in [0, 0.05) is 30.3 Å². The molecule has 1 aromatic heterocycles. The number of likely N-dealkylation sites (tertiary alicyclic amines) is 1. The number of aryl methyl sites for hydroxylation is 1. The number of imidazole rings is 1. The van der Waals surface area contributed by atoms with Crippen LogP contribution in [-0.2, 0) is 6.42 Å². The molecular weight excluding hydrogens is 401 g/mol. The molecule has 1 fully saturated rings. The molecule has 1 aliphatic rings. The molecule has 0 N–H and O–H groups in total. The highest BCUT2D eigenvalue weighted by Crippen LogP contribution is 2.34. The maximum absolute atomic E-state index is 14.1. The van der Waals surface area contributed by atoms with Crippen LogP contribution in [0.25, 0.3) is 22.4 Å². The Morgan fingerprint density at radius 3 is 2.47 bits per heavy atom. The molecule has 0 aliphatic carbocycles. The minimum Gasteiger partial charge on any atom is -0.338 e. The van der Waals surface area contributed by atoms with E-state index in [4.69, 9.17) is 4.98 Å². The summed E-state index contributed by atoms with van der Waals surface area (Å²) >= 11 is 0. The Hall–Kier alpha value is -3.47. The van der Waals surface area contributed by atoms with E-state index < -0.39 is 0 Å². The fourth-order valence-electron chi connectivity index (χ4n) is 4.76. The number of aromatic nitrogens is 2. The number of halogens is 1. The molecule has 3 aromatic carbocycles. The Morgan fingerprint density at radius 2 is 1.72 bits per heavy atom. The van der Waals surface area contributed by atoms with E-state index in [-0.39, 0.29) is 17.8 Å². The standard InChI is InChI=1S/C27H26FN3O/c1-2-19-8-6-7-11-23(19)27(32)30-16-14-22(15-17-30)31-25-18-21(28)12-13-24(25)29-26(31)20-9-4-3-5-10-20/h3-13,18,22H,2,14-17H2,1H3. The van der Waals surface area contributed by atoms with Gasteiger partial charge >= 0.3 is 0 Å². The molecule has 0 radical (unpaired) electrons. The number of amides is 1. The molecule has 1 saturated heterocycles. The molecule has 4 nitrogen and oxygen atoms in total. The summed E-state index contributed by atoms with van der Waals surface area (Å²) in [5.74, 6) is 0.695. The highest BCUT2D eigenvalue weighted by atomic mass is 19.1. The Kier molecular flexibility index (Phi) is 5.48. The predicted octanol–water partition coefficient (Wildman–Crippen LogP) is 5.88. The summed E-state index contributed by atoms with van der Waals surface area (Å²) in [7, 11) is 0. The van der Waals surface area contributed by atoms with Crippen LogP contribution >= 0.6 is 0 Å². The Morgan fingerprint density at radius 1 is 1.00 bits per heavy atom. The van der Waals surface area contributed by atoms with E-state index in [0.717, 1.165) is 52.8 Å². The molecule has 0 saturated carbocycles. The van der Waals surface area contributed by atoms with Gasteiger partial charge in [-0.3, -0.25) is 4.79 Å². The third-order valence-electron chi connectivity index (χ3n) is 6.43. The van der Waals surface area contributed by atoms with E-state index in [2.05, 4.69) is 11.5 Å². The first-order chi connectivity index (χ1) is 15.7. The van der Waals surface area contributed by atoms with Crippen molar-refractivity contribution < 1.29 is 9.18 Å². The van der Waals surface area contributed by atoms with Gasteiger partial charge in [-0.05, 0) is 49.1 Å². The van der Waals surface area contributed by atoms with Crippen molar-refractivity contribution in [1.82, 2.24) is 14.5 Å². The van der Waals surface area contributed by atoms with Gasteiger partial charge in [0.2, 0.25) is 0 Å². The Bertz CT molecular complexity index is 1260. The van der Waals surface area contributed by atoms with Gasteiger partial charge in [-0.1, -0.05) is 55.5 Å². The van der Waals surface area contributed by atoms with E-state index in [1.165, 1.54) is 6.07 Å². The van der Waals surface area contributed by atoms with Gasteiger partial charge in [0.25, 0.3) is 5.91 Å². The number of carbonyl (C=O) groups is 1. The fraction of sp³-hybridized carbons (Fsp3) is 0.259. The van der Waals surface area contributed by atoms with E-state index in [1.807, 2.05) is 59.5 Å². The van der Waals surface area contributed by atoms with Gasteiger partial charge in [-0.2, -0.15) is 0 Å². The monoisotopic (exact) mass is 427 g/mol. The van der Waals surface area contributed by atoms with Crippen molar-refractivity contribution in [3.8, 4) is 11.4 Å². The van der Waals surface area contributed by atoms with Crippen LogP contribution in [0.5, 0.6) is 0 Å². The number of carbonyl (C=O) groups excluding carboxylic acids is 1. The van der Waals surface area contributed by atoms with Crippen molar-refractivity contribution in [2.75, 3.05) is 13.1 Å². The third kappa shape index (κ3) is 3.68. The van der Waals surface area contributed by atoms with Crippen molar-refractivity contribution in [3.05, 3.63) is 89.7 Å². The molecule has 0 atom stereocenters. The molecule has 32 heavy (non-hydrogen) atoms. The minimum atomic E-state index is -0.262. The number of hydrogen-bond donors (Lipinski definition) is 0. The smallest absolute Gasteiger partial charge is 0.254 e. The molecule has 0 unspecified atom stereocenters. The predicted molar refractivity (Wildman–Crippen MR) is 125 cm³/mol. The number of piperidine rings is 1. The summed E-state index contributed by atoms with van der Waals surface area (Å²) in [6.07, 6.45) is 2.45. The maximum Gasteiger partial charge on any atom is 0.254 e. The lowest BCUT2D eigenvalue weighted by atomic mass is 10.00. The molecule has 1 amide bonds. The zero-order valence-electron chi connectivity index (χ0n) is 18.2. The van der Waals surface area contributed by atoms with Crippen LogP contribution in [0.3, 0.4) is 0 Å². The van der Waals surface area contributed by atoms with Gasteiger partial charge in [-0.25, -0.2) is 9.37 Å². The van der Waals surface area contributed by atoms with Gasteiger partial charge in [0.1, 0.15) is 11.6 Å². The van der Waals surface area contributed by atoms with Gasteiger partial charge in [-0.15, -0.1) is 0 Å². The summed E-state index contributed by atoms with van der Waals surface area (Å²) in [6.45, 7) is 3.42. The lowest BCUT2D eigenvalue weighted by Gasteiger charge is -2.34. The molecule has 2 heterocycles. The number of nitrogens with zero attached hydrogens (tertiary/aromatic N) is 3. The number of benzene rings is 3. The molecule has 0 bridgehead atoms. The Labute approximate surface area is 187 Å². The lowest BCUT2D eigenvalue weighted by Crippen LogP contribution is -2.39. The molecule has 162 valence electrons. The fourth-order valence-corrected chi connectivity index (χ4v) is 4.76. The van der Waals surface area contributed by atoms with E-state index >= 15 is 0 Å². The van der Waals surface area contributed by atoms with Crippen molar-refractivity contribution in [2.24, 2.45) is 0 Å². The summed E-state index contributed by atoms with van der Waals surface area (Å²) in [5.41, 5.74) is 4.50. The van der Waals surface area contributed by atoms with Gasteiger partial charge < -0.3 is 9.47 Å². The van der Waals surface area contributed by atoms with E-state index in [0.29, 0.717) is 13.1 Å². The van der Waals surface area contributed by atoms with Crippen LogP contribution in [0.1, 0.15) is 41.7 Å². The Balaban J connectivity index is 1.45. The lowest BCUT2D eigenvalue weighted by molar-refractivity contribution is 0.0695. The molecule has 4 aromatic rings. The zero-order chi connectivity index (χ0) is 22.1. The summed E-state index contributed by atoms with van der Waals surface area (Å²) < 4.78 is 16.3. The molecule has 5 rings (SSSR count). The topological polar surface area (TPSA) is 38.1 Å². The first kappa shape index (κ1) is 20.4. The minimum absolute atomic E-state index is 0.103. The zero-order valence-corrected chi connectivity index (χ0v) is 18.2. The highest BCUT2D eigenvalue weighted by molar-refractivity contribution is 5.95. The van der Waals surface area contributed by atoms with Crippen molar-refractivity contribution in [3.63, 3.8) is 0 Å². The average molecular weight is 428 g/mol. The first-order valence-electron chi connectivity index (χ1n) is 11.3. The molecular formula is C27H26FN3O. The van der Waals surface area contributed by atoms with Crippen LogP contribution in [-0.4, -0.2) is 33.4 Å². The number of hydrogen-bond acceptors (Lipinski definition) is 2. The second-order valence-corrected chi connectivity index (χ2v) is 8.34. The maximum atomic E-state index is 14.1. The van der Waals surface area contributed by atoms with Crippen LogP contribution in [0.15, 0.2) is 72.8 Å². The van der Waals surface area contributed by atoms with Crippen molar-refractivity contribution >= 4 is 16.9 Å². The second-order valence-electron chi connectivity index (χ2n) is 8.34. The molecule has 5 heteroatoms. The normalized spacial score (nSPS) is 14.8. The van der Waals surface area contributed by atoms with Crippen LogP contribution in [0.2, 0.25) is 0 Å². The van der Waals surface area contributed by atoms with Gasteiger partial charge in [0.05, 0.1) is 11.0 Å². The van der Waals surface area contributed by atoms with Crippen molar-refractivity contribution in [2.45, 2.75) is 32.2 Å². The van der Waals surface area contributed by atoms with Crippen LogP contribution < -0.4 is 0 Å². The summed E-state index contributed by atoms with van der Waals surface area (Å²) in [4.78, 5) is 20.0. The quantitative estimate of drug-likeness (QED) is 0.408. The molecule has 1 aliphatic heterocycles. The first-order valence-corrected chi connectivity index (χ1v) is 11.3. The summed E-state index contributed by atoms with van der Waals surface area (Å²) in [6, 6.07) is 22.8. The number of rotatable bonds is 4. The molecule has 0 spiro atoms. The average Bonchev–Trinajstić information content (AvgIpc) is 3.23. The SMILES string of the molecule is CCc1ccccc1C(=O)N1CCC(n2c(-c3ccccc3)nc3ccc(F)cc32)CC1. The second kappa shape index (κ2) is 8.58. The largest absolute Gasteiger partial charge is 0.338 e. The number of fused-ring (bicyclic) bond motifs is 1.